The number of thiocarbonyl (C=S) groups is 1. The fraction of sp³-hybridized carbons (Fsp3) is 0.533. The molecule has 21 heavy (non-hydrogen) atoms. The first-order chi connectivity index (χ1) is 9.88. The minimum Gasteiger partial charge on any atom is -0.389 e. The molecule has 0 fully saturated rings. The van der Waals surface area contributed by atoms with Crippen molar-refractivity contribution in [1.82, 2.24) is 4.72 Å². The van der Waals surface area contributed by atoms with E-state index in [2.05, 4.69) is 11.6 Å². The molecule has 0 radical (unpaired) electrons. The highest BCUT2D eigenvalue weighted by atomic mass is 32.2. The molecule has 0 spiro atoms. The van der Waals surface area contributed by atoms with Gasteiger partial charge in [0.2, 0.25) is 10.0 Å². The van der Waals surface area contributed by atoms with Gasteiger partial charge < -0.3 is 5.73 Å². The largest absolute Gasteiger partial charge is 0.389 e. The van der Waals surface area contributed by atoms with Crippen molar-refractivity contribution in [1.29, 1.82) is 0 Å². The highest BCUT2D eigenvalue weighted by Crippen LogP contribution is 2.16. The van der Waals surface area contributed by atoms with E-state index in [1.165, 1.54) is 18.9 Å². The van der Waals surface area contributed by atoms with Gasteiger partial charge in [-0.3, -0.25) is 0 Å². The molecule has 0 aliphatic carbocycles. The SMILES string of the molecule is CCCCCCC(C)NS(=O)(=O)c1ccccc1C(N)=S. The number of nitrogens with two attached hydrogens (primary N) is 1. The Morgan fingerprint density at radius 3 is 2.57 bits per heavy atom. The summed E-state index contributed by atoms with van der Waals surface area (Å²) in [6, 6.07) is 6.44. The summed E-state index contributed by atoms with van der Waals surface area (Å²) >= 11 is 4.92. The lowest BCUT2D eigenvalue weighted by Gasteiger charge is -2.16. The zero-order valence-electron chi connectivity index (χ0n) is 12.6. The number of rotatable bonds is 9. The van der Waals surface area contributed by atoms with E-state index < -0.39 is 10.0 Å². The first-order valence-electron chi connectivity index (χ1n) is 7.29. The normalized spacial score (nSPS) is 13.0. The lowest BCUT2D eigenvalue weighted by atomic mass is 10.1. The van der Waals surface area contributed by atoms with Crippen molar-refractivity contribution in [3.8, 4) is 0 Å². The molecule has 3 N–H and O–H groups in total. The number of unbranched alkanes of at least 4 members (excludes halogenated alkanes) is 3. The first kappa shape index (κ1) is 18.1. The monoisotopic (exact) mass is 328 g/mol. The van der Waals surface area contributed by atoms with Crippen molar-refractivity contribution in [3.05, 3.63) is 29.8 Å². The van der Waals surface area contributed by atoms with Gasteiger partial charge in [0.15, 0.2) is 0 Å². The van der Waals surface area contributed by atoms with Gasteiger partial charge in [-0.2, -0.15) is 0 Å². The summed E-state index contributed by atoms with van der Waals surface area (Å²) in [4.78, 5) is 0.240. The van der Waals surface area contributed by atoms with E-state index >= 15 is 0 Å². The topological polar surface area (TPSA) is 72.2 Å². The molecule has 0 saturated heterocycles. The average Bonchev–Trinajstić information content (AvgIpc) is 2.43. The number of sulfonamides is 1. The van der Waals surface area contributed by atoms with Crippen LogP contribution in [0.4, 0.5) is 0 Å². The van der Waals surface area contributed by atoms with Gasteiger partial charge in [0, 0.05) is 11.6 Å². The summed E-state index contributed by atoms with van der Waals surface area (Å²) in [6.07, 6.45) is 5.33. The van der Waals surface area contributed by atoms with Crippen molar-refractivity contribution in [2.45, 2.75) is 56.9 Å². The van der Waals surface area contributed by atoms with E-state index in [1.807, 2.05) is 6.92 Å². The molecule has 1 unspecified atom stereocenters. The predicted octanol–water partition coefficient (Wildman–Crippen LogP) is 2.96. The maximum absolute atomic E-state index is 12.4. The van der Waals surface area contributed by atoms with E-state index in [-0.39, 0.29) is 15.9 Å². The van der Waals surface area contributed by atoms with Crippen molar-refractivity contribution >= 4 is 27.2 Å². The number of hydrogen-bond acceptors (Lipinski definition) is 3. The third kappa shape index (κ3) is 5.73. The highest BCUT2D eigenvalue weighted by Gasteiger charge is 2.21. The molecule has 1 rings (SSSR count). The predicted molar refractivity (Wildman–Crippen MR) is 90.9 cm³/mol. The van der Waals surface area contributed by atoms with E-state index in [0.29, 0.717) is 5.56 Å². The van der Waals surface area contributed by atoms with Crippen molar-refractivity contribution in [3.63, 3.8) is 0 Å². The molecule has 6 heteroatoms. The van der Waals surface area contributed by atoms with E-state index in [4.69, 9.17) is 18.0 Å². The fourth-order valence-electron chi connectivity index (χ4n) is 2.17. The van der Waals surface area contributed by atoms with Crippen LogP contribution in [0.15, 0.2) is 29.2 Å². The number of hydrogen-bond donors (Lipinski definition) is 2. The molecule has 0 aliphatic heterocycles. The molecule has 0 amide bonds. The second kappa shape index (κ2) is 8.46. The van der Waals surface area contributed by atoms with Crippen LogP contribution in [0.2, 0.25) is 0 Å². The Bertz CT molecular complexity index is 571. The Kier molecular flexibility index (Phi) is 7.28. The molecule has 0 aliphatic rings. The van der Waals surface area contributed by atoms with Crippen LogP contribution in [0.3, 0.4) is 0 Å². The van der Waals surface area contributed by atoms with Gasteiger partial charge in [-0.15, -0.1) is 0 Å². The van der Waals surface area contributed by atoms with E-state index in [0.717, 1.165) is 19.3 Å². The lowest BCUT2D eigenvalue weighted by Crippen LogP contribution is -2.33. The molecule has 0 heterocycles. The van der Waals surface area contributed by atoms with Crippen LogP contribution in [0, 0.1) is 0 Å². The van der Waals surface area contributed by atoms with Crippen LogP contribution in [-0.2, 0) is 10.0 Å². The summed E-state index contributed by atoms with van der Waals surface area (Å²) in [7, 11) is -3.60. The second-order valence-electron chi connectivity index (χ2n) is 5.23. The van der Waals surface area contributed by atoms with E-state index in [9.17, 15) is 8.42 Å². The Hall–Kier alpha value is -0.980. The highest BCUT2D eigenvalue weighted by molar-refractivity contribution is 7.89. The Morgan fingerprint density at radius 1 is 1.29 bits per heavy atom. The molecule has 1 aromatic carbocycles. The summed E-state index contributed by atoms with van der Waals surface area (Å²) in [5.41, 5.74) is 5.98. The summed E-state index contributed by atoms with van der Waals surface area (Å²) in [6.45, 7) is 4.03. The minimum atomic E-state index is -3.60. The van der Waals surface area contributed by atoms with Gasteiger partial charge in [0.1, 0.15) is 4.99 Å². The van der Waals surface area contributed by atoms with Crippen molar-refractivity contribution < 1.29 is 8.42 Å². The molecule has 1 atom stereocenters. The molecule has 118 valence electrons. The summed E-state index contributed by atoms with van der Waals surface area (Å²) in [5.74, 6) is 0. The summed E-state index contributed by atoms with van der Waals surface area (Å²) in [5, 5.41) is 0. The van der Waals surface area contributed by atoms with Crippen LogP contribution in [0.1, 0.15) is 51.5 Å². The zero-order chi connectivity index (χ0) is 15.9. The van der Waals surface area contributed by atoms with Crippen LogP contribution in [0.25, 0.3) is 0 Å². The molecule has 0 saturated carbocycles. The third-order valence-electron chi connectivity index (χ3n) is 3.29. The van der Waals surface area contributed by atoms with Crippen LogP contribution >= 0.6 is 12.2 Å². The Balaban J connectivity index is 2.76. The maximum atomic E-state index is 12.4. The van der Waals surface area contributed by atoms with Gasteiger partial charge in [-0.1, -0.05) is 63.0 Å². The quantitative estimate of drug-likeness (QED) is 0.540. The van der Waals surface area contributed by atoms with Crippen molar-refractivity contribution in [2.75, 3.05) is 0 Å². The van der Waals surface area contributed by atoms with E-state index in [1.54, 1.807) is 18.2 Å². The smallest absolute Gasteiger partial charge is 0.241 e. The standard InChI is InChI=1S/C15H24N2O2S2/c1-3-4-5-6-9-12(2)17-21(18,19)14-11-8-7-10-13(14)15(16)20/h7-8,10-12,17H,3-6,9H2,1-2H3,(H2,16,20). The van der Waals surface area contributed by atoms with Gasteiger partial charge in [-0.05, 0) is 19.4 Å². The summed E-state index contributed by atoms with van der Waals surface area (Å²) < 4.78 is 27.6. The van der Waals surface area contributed by atoms with Gasteiger partial charge in [0.05, 0.1) is 4.90 Å². The van der Waals surface area contributed by atoms with Gasteiger partial charge in [0.25, 0.3) is 0 Å². The molecular weight excluding hydrogens is 304 g/mol. The molecule has 0 bridgehead atoms. The average molecular weight is 329 g/mol. The third-order valence-corrected chi connectivity index (χ3v) is 5.16. The molecular formula is C15H24N2O2S2. The van der Waals surface area contributed by atoms with Crippen LogP contribution in [-0.4, -0.2) is 19.4 Å². The van der Waals surface area contributed by atoms with Gasteiger partial charge in [-0.25, -0.2) is 13.1 Å². The lowest BCUT2D eigenvalue weighted by molar-refractivity contribution is 0.522. The maximum Gasteiger partial charge on any atom is 0.241 e. The number of benzene rings is 1. The molecule has 1 aromatic rings. The second-order valence-corrected chi connectivity index (χ2v) is 7.35. The van der Waals surface area contributed by atoms with Crippen LogP contribution < -0.4 is 10.5 Å². The Labute approximate surface area is 133 Å². The number of nitrogens with one attached hydrogen (secondary N) is 1. The zero-order valence-corrected chi connectivity index (χ0v) is 14.3. The molecule has 4 nitrogen and oxygen atoms in total. The van der Waals surface area contributed by atoms with Crippen LogP contribution in [0.5, 0.6) is 0 Å². The first-order valence-corrected chi connectivity index (χ1v) is 9.18. The van der Waals surface area contributed by atoms with Gasteiger partial charge >= 0.3 is 0 Å². The Morgan fingerprint density at radius 2 is 1.95 bits per heavy atom. The minimum absolute atomic E-state index is 0.0894. The molecule has 0 aromatic heterocycles. The fourth-order valence-corrected chi connectivity index (χ4v) is 3.91. The van der Waals surface area contributed by atoms with Crippen molar-refractivity contribution in [2.24, 2.45) is 5.73 Å².